The van der Waals surface area contributed by atoms with E-state index in [0.717, 1.165) is 0 Å². The minimum Gasteiger partial charge on any atom is -0.476 e. The van der Waals surface area contributed by atoms with Crippen molar-refractivity contribution in [2.24, 2.45) is 0 Å². The summed E-state index contributed by atoms with van der Waals surface area (Å²) in [6.07, 6.45) is -0.449. The molecule has 0 bridgehead atoms. The number of anilines is 1. The van der Waals surface area contributed by atoms with Gasteiger partial charge in [-0.15, -0.1) is 0 Å². The molecule has 14 nitrogen and oxygen atoms in total. The summed E-state index contributed by atoms with van der Waals surface area (Å²) in [6, 6.07) is 8.80. The Hall–Kier alpha value is -5.14. The molecule has 14 heteroatoms. The fourth-order valence-corrected chi connectivity index (χ4v) is 6.31. The molecule has 2 atom stereocenters. The lowest BCUT2D eigenvalue weighted by molar-refractivity contribution is -0.132. The van der Waals surface area contributed by atoms with Gasteiger partial charge in [0.25, 0.3) is 11.8 Å². The average Bonchev–Trinajstić information content (AvgIpc) is 3.09. The van der Waals surface area contributed by atoms with Gasteiger partial charge in [-0.25, -0.2) is 14.4 Å². The summed E-state index contributed by atoms with van der Waals surface area (Å²) in [6.45, 7) is 13.1. The second-order valence-corrected chi connectivity index (χ2v) is 13.3. The standard InChI is InChI=1S/C37H48N4O10/c1-9-31(42)38-16-18-40-29-20-28(23(4)19-30(29)51-37(6,7)35(40)46)32(43)41(22(2)3)25-13-12-17-39(21-25)36(47)50-24(5)49-34(45)27-15-11-10-14-26(27)33(44)48-8/h10-11,14-15,19-20,22,24-25H,9,12-13,16-18,21H2,1-8H3,(H,38,42)/t24?,25-/m1/s1. The number of hydrogen-bond acceptors (Lipinski definition) is 10. The Kier molecular flexibility index (Phi) is 12.3. The molecular formula is C37H48N4O10. The number of aryl methyl sites for hydroxylation is 1. The number of rotatable bonds is 11. The van der Waals surface area contributed by atoms with Gasteiger partial charge >= 0.3 is 18.0 Å². The van der Waals surface area contributed by atoms with Gasteiger partial charge in [-0.1, -0.05) is 19.1 Å². The number of ether oxygens (including phenoxy) is 4. The van der Waals surface area contributed by atoms with E-state index in [0.29, 0.717) is 48.4 Å². The summed E-state index contributed by atoms with van der Waals surface area (Å²) in [5, 5.41) is 2.80. The van der Waals surface area contributed by atoms with Crippen LogP contribution in [-0.2, 0) is 23.8 Å². The SMILES string of the molecule is CCC(=O)NCCN1C(=O)C(C)(C)Oc2cc(C)c(C(=O)N(C(C)C)[C@@H]3CCCN(C(=O)OC(C)OC(=O)c4ccccc4C(=O)OC)C3)cc21. The van der Waals surface area contributed by atoms with Crippen LogP contribution >= 0.6 is 0 Å². The van der Waals surface area contributed by atoms with Crippen LogP contribution < -0.4 is 15.0 Å². The Morgan fingerprint density at radius 1 is 1.02 bits per heavy atom. The van der Waals surface area contributed by atoms with Crippen molar-refractivity contribution in [1.29, 1.82) is 0 Å². The molecule has 0 aromatic heterocycles. The van der Waals surface area contributed by atoms with Crippen molar-refractivity contribution in [2.45, 2.75) is 91.7 Å². The molecule has 2 aromatic rings. The van der Waals surface area contributed by atoms with Crippen LogP contribution in [-0.4, -0.2) is 103 Å². The number of piperidine rings is 1. The van der Waals surface area contributed by atoms with Gasteiger partial charge in [0.1, 0.15) is 5.75 Å². The van der Waals surface area contributed by atoms with Crippen molar-refractivity contribution < 1.29 is 47.7 Å². The van der Waals surface area contributed by atoms with Crippen molar-refractivity contribution >= 4 is 41.4 Å². The highest BCUT2D eigenvalue weighted by molar-refractivity contribution is 6.05. The summed E-state index contributed by atoms with van der Waals surface area (Å²) in [7, 11) is 1.20. The fourth-order valence-electron chi connectivity index (χ4n) is 6.31. The number of fused-ring (bicyclic) bond motifs is 1. The number of nitrogens with zero attached hydrogens (tertiary/aromatic N) is 3. The Labute approximate surface area is 298 Å². The van der Waals surface area contributed by atoms with E-state index in [-0.39, 0.29) is 60.6 Å². The number of esters is 2. The molecular weight excluding hydrogens is 660 g/mol. The second kappa shape index (κ2) is 16.3. The average molecular weight is 709 g/mol. The molecule has 2 aliphatic heterocycles. The van der Waals surface area contributed by atoms with E-state index in [4.69, 9.17) is 18.9 Å². The quantitative estimate of drug-likeness (QED) is 0.261. The van der Waals surface area contributed by atoms with E-state index in [2.05, 4.69) is 5.32 Å². The van der Waals surface area contributed by atoms with Crippen LogP contribution in [0.25, 0.3) is 0 Å². The number of benzene rings is 2. The largest absolute Gasteiger partial charge is 0.476 e. The van der Waals surface area contributed by atoms with Gasteiger partial charge in [0, 0.05) is 51.1 Å². The molecule has 1 N–H and O–H groups in total. The Bertz CT molecular complexity index is 1670. The first-order valence-corrected chi connectivity index (χ1v) is 17.2. The van der Waals surface area contributed by atoms with Gasteiger partial charge in [0.15, 0.2) is 5.60 Å². The summed E-state index contributed by atoms with van der Waals surface area (Å²) in [4.78, 5) is 82.7. The van der Waals surface area contributed by atoms with E-state index in [1.54, 1.807) is 61.8 Å². The number of hydrogen-bond donors (Lipinski definition) is 1. The molecule has 2 aliphatic rings. The minimum atomic E-state index is -1.27. The summed E-state index contributed by atoms with van der Waals surface area (Å²) >= 11 is 0. The number of likely N-dealkylation sites (tertiary alicyclic amines) is 1. The highest BCUT2D eigenvalue weighted by Crippen LogP contribution is 2.40. The zero-order chi connectivity index (χ0) is 37.6. The van der Waals surface area contributed by atoms with Gasteiger partial charge < -0.3 is 39.0 Å². The maximum absolute atomic E-state index is 14.4. The number of carbonyl (C=O) groups excluding carboxylic acids is 6. The van der Waals surface area contributed by atoms with Crippen molar-refractivity contribution in [3.8, 4) is 5.75 Å². The zero-order valence-corrected chi connectivity index (χ0v) is 30.6. The number of carbonyl (C=O) groups is 6. The second-order valence-electron chi connectivity index (χ2n) is 13.3. The molecule has 1 fully saturated rings. The summed E-state index contributed by atoms with van der Waals surface area (Å²) in [5.41, 5.74) is 0.326. The molecule has 2 aromatic carbocycles. The lowest BCUT2D eigenvalue weighted by atomic mass is 9.97. The van der Waals surface area contributed by atoms with Gasteiger partial charge in [0.05, 0.1) is 30.0 Å². The highest BCUT2D eigenvalue weighted by Gasteiger charge is 2.42. The predicted octanol–water partition coefficient (Wildman–Crippen LogP) is 4.47. The third kappa shape index (κ3) is 8.78. The number of amides is 4. The van der Waals surface area contributed by atoms with Crippen LogP contribution in [0.15, 0.2) is 36.4 Å². The molecule has 1 unspecified atom stereocenters. The maximum Gasteiger partial charge on any atom is 0.412 e. The molecule has 51 heavy (non-hydrogen) atoms. The molecule has 0 radical (unpaired) electrons. The predicted molar refractivity (Wildman–Crippen MR) is 187 cm³/mol. The Morgan fingerprint density at radius 2 is 1.69 bits per heavy atom. The van der Waals surface area contributed by atoms with E-state index in [1.807, 2.05) is 13.8 Å². The van der Waals surface area contributed by atoms with Gasteiger partial charge in [-0.05, 0) is 77.3 Å². The van der Waals surface area contributed by atoms with Gasteiger partial charge in [0.2, 0.25) is 12.2 Å². The third-order valence-corrected chi connectivity index (χ3v) is 8.86. The third-order valence-electron chi connectivity index (χ3n) is 8.86. The molecule has 276 valence electrons. The zero-order valence-electron chi connectivity index (χ0n) is 30.6. The minimum absolute atomic E-state index is 0.0196. The van der Waals surface area contributed by atoms with Crippen molar-refractivity contribution in [3.63, 3.8) is 0 Å². The Morgan fingerprint density at radius 3 is 2.31 bits per heavy atom. The van der Waals surface area contributed by atoms with Crippen LogP contribution in [0.3, 0.4) is 0 Å². The monoisotopic (exact) mass is 708 g/mol. The van der Waals surface area contributed by atoms with E-state index >= 15 is 0 Å². The smallest absolute Gasteiger partial charge is 0.412 e. The first-order chi connectivity index (χ1) is 24.1. The van der Waals surface area contributed by atoms with Crippen LogP contribution in [0.4, 0.5) is 10.5 Å². The lowest BCUT2D eigenvalue weighted by Gasteiger charge is -2.42. The first-order valence-electron chi connectivity index (χ1n) is 17.2. The maximum atomic E-state index is 14.4. The molecule has 1 saturated heterocycles. The van der Waals surface area contributed by atoms with E-state index in [9.17, 15) is 28.8 Å². The van der Waals surface area contributed by atoms with Gasteiger partial charge in [-0.2, -0.15) is 0 Å². The van der Waals surface area contributed by atoms with Crippen LogP contribution in [0.1, 0.15) is 97.4 Å². The highest BCUT2D eigenvalue weighted by atomic mass is 16.7. The molecule has 0 spiro atoms. The first kappa shape index (κ1) is 38.7. The Balaban J connectivity index is 1.50. The lowest BCUT2D eigenvalue weighted by Crippen LogP contribution is -2.55. The van der Waals surface area contributed by atoms with Gasteiger partial charge in [-0.3, -0.25) is 14.4 Å². The van der Waals surface area contributed by atoms with E-state index in [1.165, 1.54) is 31.1 Å². The summed E-state index contributed by atoms with van der Waals surface area (Å²) < 4.78 is 21.6. The topological polar surface area (TPSA) is 161 Å². The van der Waals surface area contributed by atoms with Crippen molar-refractivity contribution in [2.75, 3.05) is 38.2 Å². The van der Waals surface area contributed by atoms with Crippen LogP contribution in [0.2, 0.25) is 0 Å². The molecule has 4 rings (SSSR count). The van der Waals surface area contributed by atoms with E-state index < -0.39 is 29.9 Å². The number of nitrogens with one attached hydrogen (secondary N) is 1. The van der Waals surface area contributed by atoms with Crippen LogP contribution in [0, 0.1) is 6.92 Å². The van der Waals surface area contributed by atoms with Crippen molar-refractivity contribution in [1.82, 2.24) is 15.1 Å². The molecule has 0 aliphatic carbocycles. The normalized spacial score (nSPS) is 17.1. The number of methoxy groups -OCH3 is 1. The summed E-state index contributed by atoms with van der Waals surface area (Å²) in [5.74, 6) is -1.80. The van der Waals surface area contributed by atoms with Crippen LogP contribution in [0.5, 0.6) is 5.75 Å². The fraction of sp³-hybridized carbons (Fsp3) is 0.514. The van der Waals surface area contributed by atoms with Crippen molar-refractivity contribution in [3.05, 3.63) is 58.7 Å². The molecule has 4 amide bonds. The molecule has 0 saturated carbocycles. The molecule has 2 heterocycles.